The maximum absolute atomic E-state index is 14.5. The average molecular weight is 386 g/mol. The molecule has 0 spiro atoms. The predicted octanol–water partition coefficient (Wildman–Crippen LogP) is 1.27. The second-order valence-corrected chi connectivity index (χ2v) is 6.47. The van der Waals surface area contributed by atoms with Crippen molar-refractivity contribution in [3.63, 3.8) is 0 Å². The summed E-state index contributed by atoms with van der Waals surface area (Å²) < 4.78 is 19.4. The number of aromatic nitrogens is 2. The molecule has 0 aliphatic carbocycles. The second kappa shape index (κ2) is 7.22. The van der Waals surface area contributed by atoms with Crippen LogP contribution in [-0.2, 0) is 10.3 Å². The van der Waals surface area contributed by atoms with E-state index in [0.717, 1.165) is 0 Å². The van der Waals surface area contributed by atoms with Gasteiger partial charge in [-0.3, -0.25) is 14.5 Å². The highest BCUT2D eigenvalue weighted by atomic mass is 19.1. The van der Waals surface area contributed by atoms with Crippen LogP contribution in [0.5, 0.6) is 5.88 Å². The number of carbonyl (C=O) groups is 2. The molecule has 1 unspecified atom stereocenters. The van der Waals surface area contributed by atoms with Crippen molar-refractivity contribution in [3.8, 4) is 5.88 Å². The van der Waals surface area contributed by atoms with Crippen LogP contribution in [0.3, 0.4) is 0 Å². The van der Waals surface area contributed by atoms with E-state index < -0.39 is 17.3 Å². The molecule has 2 heterocycles. The van der Waals surface area contributed by atoms with Crippen molar-refractivity contribution in [1.82, 2.24) is 14.9 Å². The van der Waals surface area contributed by atoms with Gasteiger partial charge < -0.3 is 15.8 Å². The molecule has 10 heteroatoms. The Morgan fingerprint density at radius 1 is 1.36 bits per heavy atom. The number of aliphatic imine (C=N–C) groups is 1. The Bertz CT molecular complexity index is 962. The molecule has 0 saturated heterocycles. The summed E-state index contributed by atoms with van der Waals surface area (Å²) in [5.41, 5.74) is 5.14. The van der Waals surface area contributed by atoms with Crippen LogP contribution in [0, 0.1) is 5.82 Å². The predicted molar refractivity (Wildman–Crippen MR) is 99.3 cm³/mol. The molecule has 3 rings (SSSR count). The third-order valence-corrected chi connectivity index (χ3v) is 4.45. The summed E-state index contributed by atoms with van der Waals surface area (Å²) in [6.45, 7) is 1.61. The molecule has 1 aliphatic heterocycles. The van der Waals surface area contributed by atoms with E-state index in [1.54, 1.807) is 6.92 Å². The van der Waals surface area contributed by atoms with E-state index in [4.69, 9.17) is 10.5 Å². The number of methoxy groups -OCH3 is 1. The number of amides is 2. The molecule has 1 atom stereocenters. The van der Waals surface area contributed by atoms with E-state index in [0.29, 0.717) is 5.69 Å². The lowest BCUT2D eigenvalue weighted by molar-refractivity contribution is -0.128. The van der Waals surface area contributed by atoms with E-state index >= 15 is 0 Å². The third-order valence-electron chi connectivity index (χ3n) is 4.45. The van der Waals surface area contributed by atoms with Gasteiger partial charge in [0.25, 0.3) is 5.91 Å². The maximum atomic E-state index is 14.5. The summed E-state index contributed by atoms with van der Waals surface area (Å²) in [6, 6.07) is 4.03. The minimum Gasteiger partial charge on any atom is -0.480 e. The number of benzene rings is 1. The highest BCUT2D eigenvalue weighted by Gasteiger charge is 2.38. The van der Waals surface area contributed by atoms with Crippen LogP contribution in [0.4, 0.5) is 10.1 Å². The molecule has 9 nitrogen and oxygen atoms in total. The van der Waals surface area contributed by atoms with Crippen LogP contribution in [-0.4, -0.2) is 46.8 Å². The van der Waals surface area contributed by atoms with Crippen molar-refractivity contribution in [2.24, 2.45) is 10.7 Å². The van der Waals surface area contributed by atoms with Crippen molar-refractivity contribution in [3.05, 3.63) is 47.7 Å². The number of carbonyl (C=O) groups excluding carboxylic acids is 2. The Balaban J connectivity index is 1.89. The fourth-order valence-electron chi connectivity index (χ4n) is 2.81. The van der Waals surface area contributed by atoms with Crippen molar-refractivity contribution in [2.45, 2.75) is 18.9 Å². The molecule has 1 aliphatic rings. The Morgan fingerprint density at radius 3 is 2.71 bits per heavy atom. The number of nitrogens with zero attached hydrogens (tertiary/aromatic N) is 4. The zero-order chi connectivity index (χ0) is 20.5. The molecule has 0 radical (unpaired) electrons. The van der Waals surface area contributed by atoms with Crippen LogP contribution in [0.15, 0.2) is 35.6 Å². The number of guanidine groups is 1. The number of nitrogens with one attached hydrogen (secondary N) is 1. The fourth-order valence-corrected chi connectivity index (χ4v) is 2.81. The quantitative estimate of drug-likeness (QED) is 0.816. The van der Waals surface area contributed by atoms with Gasteiger partial charge in [-0.1, -0.05) is 0 Å². The standard InChI is InChI=1S/C18H19FN6O3/c1-18(7-15(26)25(2)17(20)24-18)11-6-10(4-5-12(11)19)23-16(27)13-8-22-14(28-3)9-21-13/h4-6,8-9H,7H2,1-3H3,(H2,20,24)(H,23,27). The number of nitrogens with two attached hydrogens (primary N) is 1. The van der Waals surface area contributed by atoms with Gasteiger partial charge in [-0.15, -0.1) is 0 Å². The van der Waals surface area contributed by atoms with Gasteiger partial charge in [-0.25, -0.2) is 19.4 Å². The van der Waals surface area contributed by atoms with E-state index in [2.05, 4.69) is 20.3 Å². The molecular weight excluding hydrogens is 367 g/mol. The zero-order valence-electron chi connectivity index (χ0n) is 15.6. The Morgan fingerprint density at radius 2 is 2.11 bits per heavy atom. The summed E-state index contributed by atoms with van der Waals surface area (Å²) in [7, 11) is 2.94. The van der Waals surface area contributed by atoms with Gasteiger partial charge in [-0.05, 0) is 25.1 Å². The fraction of sp³-hybridized carbons (Fsp3) is 0.278. The largest absolute Gasteiger partial charge is 0.480 e. The SMILES string of the molecule is COc1cnc(C(=O)Nc2ccc(F)c(C3(C)CC(=O)N(C)C(N)=N3)c2)cn1. The van der Waals surface area contributed by atoms with Crippen molar-refractivity contribution in [1.29, 1.82) is 0 Å². The summed E-state index contributed by atoms with van der Waals surface area (Å²) in [6.07, 6.45) is 2.52. The third kappa shape index (κ3) is 3.61. The van der Waals surface area contributed by atoms with Gasteiger partial charge in [0, 0.05) is 18.3 Å². The topological polar surface area (TPSA) is 123 Å². The van der Waals surface area contributed by atoms with Crippen LogP contribution >= 0.6 is 0 Å². The number of halogens is 1. The van der Waals surface area contributed by atoms with Gasteiger partial charge in [0.1, 0.15) is 11.5 Å². The van der Waals surface area contributed by atoms with Gasteiger partial charge in [0.15, 0.2) is 5.96 Å². The maximum Gasteiger partial charge on any atom is 0.275 e. The number of hydrogen-bond donors (Lipinski definition) is 2. The lowest BCUT2D eigenvalue weighted by atomic mass is 9.87. The normalized spacial score (nSPS) is 19.2. The molecule has 1 aromatic heterocycles. The van der Waals surface area contributed by atoms with Gasteiger partial charge in [-0.2, -0.15) is 0 Å². The zero-order valence-corrected chi connectivity index (χ0v) is 15.6. The van der Waals surface area contributed by atoms with Crippen molar-refractivity contribution >= 4 is 23.5 Å². The average Bonchev–Trinajstić information content (AvgIpc) is 2.67. The highest BCUT2D eigenvalue weighted by Crippen LogP contribution is 2.35. The molecule has 28 heavy (non-hydrogen) atoms. The summed E-state index contributed by atoms with van der Waals surface area (Å²) >= 11 is 0. The first-order chi connectivity index (χ1) is 13.2. The lowest BCUT2D eigenvalue weighted by Gasteiger charge is -2.34. The summed E-state index contributed by atoms with van der Waals surface area (Å²) in [4.78, 5) is 37.9. The molecule has 2 amide bonds. The molecule has 0 saturated carbocycles. The van der Waals surface area contributed by atoms with Crippen LogP contribution in [0.1, 0.15) is 29.4 Å². The first kappa shape index (κ1) is 19.2. The minimum atomic E-state index is -1.18. The van der Waals surface area contributed by atoms with E-state index in [1.807, 2.05) is 0 Å². The monoisotopic (exact) mass is 386 g/mol. The Kier molecular flexibility index (Phi) is 4.95. The first-order valence-electron chi connectivity index (χ1n) is 8.33. The molecule has 0 bridgehead atoms. The highest BCUT2D eigenvalue weighted by molar-refractivity contribution is 6.03. The number of hydrogen-bond acceptors (Lipinski definition) is 7. The van der Waals surface area contributed by atoms with Crippen molar-refractivity contribution in [2.75, 3.05) is 19.5 Å². The first-order valence-corrected chi connectivity index (χ1v) is 8.33. The molecule has 146 valence electrons. The van der Waals surface area contributed by atoms with Gasteiger partial charge in [0.05, 0.1) is 31.5 Å². The van der Waals surface area contributed by atoms with Gasteiger partial charge in [0.2, 0.25) is 11.8 Å². The molecule has 0 fully saturated rings. The Labute approximate surface area is 160 Å². The van der Waals surface area contributed by atoms with E-state index in [9.17, 15) is 14.0 Å². The molecule has 1 aromatic carbocycles. The van der Waals surface area contributed by atoms with E-state index in [-0.39, 0.29) is 35.4 Å². The molecule has 2 aromatic rings. The smallest absolute Gasteiger partial charge is 0.275 e. The lowest BCUT2D eigenvalue weighted by Crippen LogP contribution is -2.47. The van der Waals surface area contributed by atoms with Gasteiger partial charge >= 0.3 is 0 Å². The summed E-state index contributed by atoms with van der Waals surface area (Å²) in [5.74, 6) is -1.09. The van der Waals surface area contributed by atoms with Crippen LogP contribution in [0.25, 0.3) is 0 Å². The second-order valence-electron chi connectivity index (χ2n) is 6.47. The van der Waals surface area contributed by atoms with Crippen LogP contribution in [0.2, 0.25) is 0 Å². The minimum absolute atomic E-state index is 0.00101. The molecule has 3 N–H and O–H groups in total. The number of ether oxygens (including phenoxy) is 1. The van der Waals surface area contributed by atoms with E-state index in [1.165, 1.54) is 49.7 Å². The van der Waals surface area contributed by atoms with Crippen LogP contribution < -0.4 is 15.8 Å². The van der Waals surface area contributed by atoms with Crippen molar-refractivity contribution < 1.29 is 18.7 Å². The Hall–Kier alpha value is -3.56. The summed E-state index contributed by atoms with van der Waals surface area (Å²) in [5, 5.41) is 2.63. The number of rotatable bonds is 4. The number of anilines is 1. The molecular formula is C18H19FN6O3.